The van der Waals surface area contributed by atoms with Crippen LogP contribution in [-0.2, 0) is 9.59 Å². The number of anilines is 1. The van der Waals surface area contributed by atoms with E-state index in [0.29, 0.717) is 12.8 Å². The van der Waals surface area contributed by atoms with Gasteiger partial charge in [-0.25, -0.2) is 0 Å². The Bertz CT molecular complexity index is 882. The summed E-state index contributed by atoms with van der Waals surface area (Å²) in [4.78, 5) is 27.5. The lowest BCUT2D eigenvalue weighted by Gasteiger charge is -2.41. The first kappa shape index (κ1) is 19.5. The van der Waals surface area contributed by atoms with E-state index in [0.717, 1.165) is 22.6 Å². The quantitative estimate of drug-likeness (QED) is 0.815. The smallest absolute Gasteiger partial charge is 0.227 e. The zero-order chi connectivity index (χ0) is 20.1. The molecule has 28 heavy (non-hydrogen) atoms. The SMILES string of the molecule is C#CCNC(=O)C1CCC(=O)N(c2ccc(C)cc2)C1c1ccc(OC)cc1. The van der Waals surface area contributed by atoms with E-state index >= 15 is 0 Å². The van der Waals surface area contributed by atoms with E-state index in [9.17, 15) is 9.59 Å². The molecule has 1 saturated heterocycles. The molecule has 0 saturated carbocycles. The average molecular weight is 376 g/mol. The van der Waals surface area contributed by atoms with Gasteiger partial charge in [-0.15, -0.1) is 6.42 Å². The summed E-state index contributed by atoms with van der Waals surface area (Å²) in [6.45, 7) is 2.17. The highest BCUT2D eigenvalue weighted by Crippen LogP contribution is 2.40. The van der Waals surface area contributed by atoms with Crippen LogP contribution < -0.4 is 15.0 Å². The van der Waals surface area contributed by atoms with Gasteiger partial charge in [0, 0.05) is 12.1 Å². The number of nitrogens with one attached hydrogen (secondary N) is 1. The number of ether oxygens (including phenoxy) is 1. The number of amides is 2. The second-order valence-electron chi connectivity index (χ2n) is 6.88. The zero-order valence-corrected chi connectivity index (χ0v) is 16.1. The van der Waals surface area contributed by atoms with Gasteiger partial charge in [0.2, 0.25) is 11.8 Å². The number of nitrogens with zero attached hydrogens (tertiary/aromatic N) is 1. The maximum absolute atomic E-state index is 12.9. The summed E-state index contributed by atoms with van der Waals surface area (Å²) in [5.74, 6) is 2.64. The fourth-order valence-corrected chi connectivity index (χ4v) is 3.63. The van der Waals surface area contributed by atoms with E-state index in [4.69, 9.17) is 11.2 Å². The van der Waals surface area contributed by atoms with Gasteiger partial charge in [-0.05, 0) is 43.2 Å². The van der Waals surface area contributed by atoms with E-state index in [-0.39, 0.29) is 24.3 Å². The third-order valence-corrected chi connectivity index (χ3v) is 5.07. The molecule has 144 valence electrons. The van der Waals surface area contributed by atoms with Crippen LogP contribution in [0, 0.1) is 25.2 Å². The first-order chi connectivity index (χ1) is 13.5. The maximum atomic E-state index is 12.9. The minimum Gasteiger partial charge on any atom is -0.497 e. The maximum Gasteiger partial charge on any atom is 0.227 e. The number of benzene rings is 2. The van der Waals surface area contributed by atoms with Crippen LogP contribution in [0.25, 0.3) is 0 Å². The third-order valence-electron chi connectivity index (χ3n) is 5.07. The van der Waals surface area contributed by atoms with Gasteiger partial charge < -0.3 is 15.0 Å². The Morgan fingerprint density at radius 3 is 2.50 bits per heavy atom. The molecular formula is C23H24N2O3. The largest absolute Gasteiger partial charge is 0.497 e. The number of carbonyl (C=O) groups is 2. The number of hydrogen-bond donors (Lipinski definition) is 1. The number of aryl methyl sites for hydroxylation is 1. The molecule has 2 unspecified atom stereocenters. The fraction of sp³-hybridized carbons (Fsp3) is 0.304. The minimum absolute atomic E-state index is 0.00525. The van der Waals surface area contributed by atoms with Gasteiger partial charge in [-0.1, -0.05) is 35.7 Å². The highest BCUT2D eigenvalue weighted by Gasteiger charge is 2.41. The van der Waals surface area contributed by atoms with E-state index in [2.05, 4.69) is 11.2 Å². The van der Waals surface area contributed by atoms with Crippen molar-refractivity contribution in [3.8, 4) is 18.1 Å². The number of methoxy groups -OCH3 is 1. The Kier molecular flexibility index (Phi) is 6.00. The van der Waals surface area contributed by atoms with E-state index in [1.54, 1.807) is 12.0 Å². The highest BCUT2D eigenvalue weighted by molar-refractivity contribution is 5.97. The molecule has 1 fully saturated rings. The molecule has 1 aliphatic rings. The predicted molar refractivity (Wildman–Crippen MR) is 109 cm³/mol. The van der Waals surface area contributed by atoms with Crippen LogP contribution in [0.5, 0.6) is 5.75 Å². The summed E-state index contributed by atoms with van der Waals surface area (Å²) in [6.07, 6.45) is 6.09. The Labute approximate surface area is 165 Å². The van der Waals surface area contributed by atoms with Crippen molar-refractivity contribution in [3.05, 3.63) is 59.7 Å². The lowest BCUT2D eigenvalue weighted by Crippen LogP contribution is -2.48. The van der Waals surface area contributed by atoms with Gasteiger partial charge in [-0.3, -0.25) is 9.59 Å². The number of rotatable bonds is 5. The van der Waals surface area contributed by atoms with Crippen molar-refractivity contribution < 1.29 is 14.3 Å². The molecule has 0 aliphatic carbocycles. The third kappa shape index (κ3) is 4.01. The fourth-order valence-electron chi connectivity index (χ4n) is 3.63. The van der Waals surface area contributed by atoms with Crippen LogP contribution in [0.4, 0.5) is 5.69 Å². The van der Waals surface area contributed by atoms with Crippen molar-refractivity contribution in [3.63, 3.8) is 0 Å². The Balaban J connectivity index is 2.05. The summed E-state index contributed by atoms with van der Waals surface area (Å²) in [5, 5.41) is 2.78. The monoisotopic (exact) mass is 376 g/mol. The van der Waals surface area contributed by atoms with Crippen molar-refractivity contribution >= 4 is 17.5 Å². The molecule has 0 spiro atoms. The number of terminal acetylenes is 1. The predicted octanol–water partition coefficient (Wildman–Crippen LogP) is 3.24. The molecular weight excluding hydrogens is 352 g/mol. The van der Waals surface area contributed by atoms with Gasteiger partial charge in [0.05, 0.1) is 25.6 Å². The van der Waals surface area contributed by atoms with Crippen LogP contribution in [-0.4, -0.2) is 25.5 Å². The van der Waals surface area contributed by atoms with Crippen molar-refractivity contribution in [2.45, 2.75) is 25.8 Å². The van der Waals surface area contributed by atoms with Crippen LogP contribution in [0.1, 0.15) is 30.0 Å². The molecule has 1 N–H and O–H groups in total. The standard InChI is InChI=1S/C23H24N2O3/c1-4-15-24-23(27)20-13-14-21(26)25(18-9-5-16(2)6-10-18)22(20)17-7-11-19(28-3)12-8-17/h1,5-12,20,22H,13-15H2,2-3H3,(H,24,27). The number of hydrogen-bond acceptors (Lipinski definition) is 3. The van der Waals surface area contributed by atoms with Crippen molar-refractivity contribution in [2.75, 3.05) is 18.6 Å². The molecule has 0 radical (unpaired) electrons. The van der Waals surface area contributed by atoms with Gasteiger partial charge in [0.1, 0.15) is 5.75 Å². The highest BCUT2D eigenvalue weighted by atomic mass is 16.5. The summed E-state index contributed by atoms with van der Waals surface area (Å²) < 4.78 is 5.25. The Morgan fingerprint density at radius 2 is 1.89 bits per heavy atom. The first-order valence-corrected chi connectivity index (χ1v) is 9.29. The average Bonchev–Trinajstić information content (AvgIpc) is 2.72. The van der Waals surface area contributed by atoms with Gasteiger partial charge >= 0.3 is 0 Å². The topological polar surface area (TPSA) is 58.6 Å². The van der Waals surface area contributed by atoms with Crippen molar-refractivity contribution in [2.24, 2.45) is 5.92 Å². The van der Waals surface area contributed by atoms with Gasteiger partial charge in [0.25, 0.3) is 0 Å². The second-order valence-corrected chi connectivity index (χ2v) is 6.88. The molecule has 2 aromatic rings. The number of piperidine rings is 1. The minimum atomic E-state index is -0.410. The van der Waals surface area contributed by atoms with E-state index in [1.165, 1.54) is 0 Å². The Hall–Kier alpha value is -3.26. The second kappa shape index (κ2) is 8.62. The molecule has 2 aromatic carbocycles. The molecule has 1 aliphatic heterocycles. The molecule has 0 bridgehead atoms. The molecule has 2 atom stereocenters. The number of carbonyl (C=O) groups excluding carboxylic acids is 2. The van der Waals surface area contributed by atoms with Gasteiger partial charge in [-0.2, -0.15) is 0 Å². The summed E-state index contributed by atoms with van der Waals surface area (Å²) in [7, 11) is 1.60. The van der Waals surface area contributed by atoms with Crippen LogP contribution in [0.3, 0.4) is 0 Å². The van der Waals surface area contributed by atoms with Crippen LogP contribution >= 0.6 is 0 Å². The summed E-state index contributed by atoms with van der Waals surface area (Å²) >= 11 is 0. The van der Waals surface area contributed by atoms with Crippen molar-refractivity contribution in [1.82, 2.24) is 5.32 Å². The zero-order valence-electron chi connectivity index (χ0n) is 16.1. The van der Waals surface area contributed by atoms with Crippen LogP contribution in [0.2, 0.25) is 0 Å². The van der Waals surface area contributed by atoms with E-state index < -0.39 is 6.04 Å². The summed E-state index contributed by atoms with van der Waals surface area (Å²) in [6, 6.07) is 14.9. The molecule has 3 rings (SSSR count). The first-order valence-electron chi connectivity index (χ1n) is 9.29. The van der Waals surface area contributed by atoms with Gasteiger partial charge in [0.15, 0.2) is 0 Å². The lowest BCUT2D eigenvalue weighted by molar-refractivity contribution is -0.129. The molecule has 0 aromatic heterocycles. The van der Waals surface area contributed by atoms with Crippen LogP contribution in [0.15, 0.2) is 48.5 Å². The molecule has 5 nitrogen and oxygen atoms in total. The lowest BCUT2D eigenvalue weighted by atomic mass is 9.83. The molecule has 1 heterocycles. The summed E-state index contributed by atoms with van der Waals surface area (Å²) in [5.41, 5.74) is 2.78. The Morgan fingerprint density at radius 1 is 1.21 bits per heavy atom. The molecule has 5 heteroatoms. The van der Waals surface area contributed by atoms with Crippen molar-refractivity contribution in [1.29, 1.82) is 0 Å². The van der Waals surface area contributed by atoms with E-state index in [1.807, 2.05) is 55.5 Å². The normalized spacial score (nSPS) is 19.0. The molecule has 2 amide bonds.